The van der Waals surface area contributed by atoms with Crippen molar-refractivity contribution < 1.29 is 19.4 Å². The summed E-state index contributed by atoms with van der Waals surface area (Å²) in [6.07, 6.45) is 1.59. The maximum atomic E-state index is 12.9. The zero-order valence-corrected chi connectivity index (χ0v) is 28.4. The number of hydrogen-bond acceptors (Lipinski definition) is 5. The molecule has 4 aromatic rings. The van der Waals surface area contributed by atoms with Crippen LogP contribution in [0.4, 0.5) is 0 Å². The highest BCUT2D eigenvalue weighted by Gasteiger charge is 2.34. The molecule has 0 saturated carbocycles. The van der Waals surface area contributed by atoms with Crippen LogP contribution < -0.4 is 4.74 Å². The molecule has 0 saturated heterocycles. The molecule has 0 spiro atoms. The number of halogens is 1. The average molecular weight is 639 g/mol. The Hall–Kier alpha value is -3.71. The zero-order valence-electron chi connectivity index (χ0n) is 27.7. The highest BCUT2D eigenvalue weighted by atomic mass is 35.5. The SMILES string of the molecule is Cc1cccc(Cl)c1CN1CCc2cc(-c3c(C)nc(C)c(C(OC(C)(C)C)C(=O)O)c3-c3ccc4c(c3)CCCO4)ccc2C1. The Kier molecular flexibility index (Phi) is 8.99. The van der Waals surface area contributed by atoms with Crippen LogP contribution in [0.3, 0.4) is 0 Å². The Morgan fingerprint density at radius 3 is 2.46 bits per heavy atom. The topological polar surface area (TPSA) is 71.9 Å². The second kappa shape index (κ2) is 12.8. The van der Waals surface area contributed by atoms with Crippen LogP contribution in [-0.4, -0.2) is 39.7 Å². The van der Waals surface area contributed by atoms with Crippen LogP contribution in [0.5, 0.6) is 5.75 Å². The van der Waals surface area contributed by atoms with E-state index in [0.717, 1.165) is 83.2 Å². The number of carbonyl (C=O) groups is 1. The first-order valence-electron chi connectivity index (χ1n) is 16.2. The monoisotopic (exact) mass is 638 g/mol. The van der Waals surface area contributed by atoms with Gasteiger partial charge in [0.2, 0.25) is 0 Å². The predicted octanol–water partition coefficient (Wildman–Crippen LogP) is 8.82. The molecule has 0 radical (unpaired) electrons. The Balaban J connectivity index is 1.47. The lowest BCUT2D eigenvalue weighted by molar-refractivity contribution is -0.160. The second-order valence-corrected chi connectivity index (χ2v) is 14.1. The first-order chi connectivity index (χ1) is 21.9. The first kappa shape index (κ1) is 32.2. The summed E-state index contributed by atoms with van der Waals surface area (Å²) in [6, 6.07) is 19.0. The molecule has 2 aliphatic rings. The summed E-state index contributed by atoms with van der Waals surface area (Å²) in [7, 11) is 0. The maximum absolute atomic E-state index is 12.9. The number of nitrogens with zero attached hydrogens (tertiary/aromatic N) is 2. The van der Waals surface area contributed by atoms with E-state index >= 15 is 0 Å². The number of fused-ring (bicyclic) bond motifs is 2. The van der Waals surface area contributed by atoms with Gasteiger partial charge in [0.25, 0.3) is 0 Å². The first-order valence-corrected chi connectivity index (χ1v) is 16.5. The largest absolute Gasteiger partial charge is 0.493 e. The van der Waals surface area contributed by atoms with Crippen molar-refractivity contribution in [3.05, 3.63) is 104 Å². The molecule has 6 nitrogen and oxygen atoms in total. The molecule has 0 fully saturated rings. The number of rotatable bonds is 7. The third-order valence-electron chi connectivity index (χ3n) is 9.08. The van der Waals surface area contributed by atoms with E-state index in [2.05, 4.69) is 42.2 Å². The summed E-state index contributed by atoms with van der Waals surface area (Å²) in [5, 5.41) is 11.4. The van der Waals surface area contributed by atoms with Crippen molar-refractivity contribution in [2.24, 2.45) is 0 Å². The Labute approximate surface area is 277 Å². The molecule has 2 aliphatic heterocycles. The smallest absolute Gasteiger partial charge is 0.337 e. The number of benzene rings is 3. The number of pyridine rings is 1. The lowest BCUT2D eigenvalue weighted by atomic mass is 9.84. The maximum Gasteiger partial charge on any atom is 0.337 e. The van der Waals surface area contributed by atoms with E-state index < -0.39 is 17.7 Å². The summed E-state index contributed by atoms with van der Waals surface area (Å²) in [4.78, 5) is 20.3. The van der Waals surface area contributed by atoms with Gasteiger partial charge in [-0.1, -0.05) is 48.0 Å². The quantitative estimate of drug-likeness (QED) is 0.218. The number of carboxylic acids is 1. The average Bonchev–Trinajstić information content (AvgIpc) is 3.00. The Bertz CT molecular complexity index is 1790. The molecule has 46 heavy (non-hydrogen) atoms. The van der Waals surface area contributed by atoms with Gasteiger partial charge in [0.1, 0.15) is 5.75 Å². The van der Waals surface area contributed by atoms with Gasteiger partial charge in [-0.05, 0) is 124 Å². The lowest BCUT2D eigenvalue weighted by Gasteiger charge is -2.31. The van der Waals surface area contributed by atoms with Crippen molar-refractivity contribution in [3.63, 3.8) is 0 Å². The van der Waals surface area contributed by atoms with Crippen molar-refractivity contribution in [2.75, 3.05) is 13.2 Å². The highest BCUT2D eigenvalue weighted by molar-refractivity contribution is 6.31. The fourth-order valence-electron chi connectivity index (χ4n) is 6.93. The summed E-state index contributed by atoms with van der Waals surface area (Å²) < 4.78 is 12.2. The van der Waals surface area contributed by atoms with Crippen molar-refractivity contribution in [2.45, 2.75) is 85.6 Å². The van der Waals surface area contributed by atoms with Crippen LogP contribution in [-0.2, 0) is 35.5 Å². The lowest BCUT2D eigenvalue weighted by Crippen LogP contribution is -2.30. The second-order valence-electron chi connectivity index (χ2n) is 13.6. The molecule has 1 atom stereocenters. The normalized spacial score (nSPS) is 15.5. The van der Waals surface area contributed by atoms with Crippen molar-refractivity contribution >= 4 is 17.6 Å². The number of aryl methyl sites for hydroxylation is 4. The third-order valence-corrected chi connectivity index (χ3v) is 9.44. The van der Waals surface area contributed by atoms with Crippen LogP contribution in [0.25, 0.3) is 22.3 Å². The van der Waals surface area contributed by atoms with Gasteiger partial charge in [0, 0.05) is 47.2 Å². The van der Waals surface area contributed by atoms with E-state index in [1.165, 1.54) is 22.3 Å². The van der Waals surface area contributed by atoms with Crippen molar-refractivity contribution in [1.29, 1.82) is 0 Å². The summed E-state index contributed by atoms with van der Waals surface area (Å²) >= 11 is 6.57. The van der Waals surface area contributed by atoms with E-state index in [0.29, 0.717) is 17.9 Å². The Morgan fingerprint density at radius 1 is 0.978 bits per heavy atom. The van der Waals surface area contributed by atoms with Gasteiger partial charge in [-0.25, -0.2) is 4.79 Å². The summed E-state index contributed by atoms with van der Waals surface area (Å²) in [5.41, 5.74) is 11.3. The summed E-state index contributed by atoms with van der Waals surface area (Å²) in [5.74, 6) is -0.136. The zero-order chi connectivity index (χ0) is 32.7. The van der Waals surface area contributed by atoms with Crippen LogP contribution >= 0.6 is 11.6 Å². The molecule has 0 bridgehead atoms. The molecule has 3 heterocycles. The molecule has 7 heteroatoms. The minimum Gasteiger partial charge on any atom is -0.493 e. The van der Waals surface area contributed by atoms with Crippen LogP contribution in [0.1, 0.15) is 78.1 Å². The fourth-order valence-corrected chi connectivity index (χ4v) is 7.21. The minimum absolute atomic E-state index is 0.596. The molecular formula is C39H43ClN2O4. The predicted molar refractivity (Wildman–Crippen MR) is 184 cm³/mol. The molecule has 0 amide bonds. The number of carboxylic acid groups (broad SMARTS) is 1. The number of aliphatic carboxylic acids is 1. The molecule has 3 aromatic carbocycles. The molecule has 1 N–H and O–H groups in total. The van der Waals surface area contributed by atoms with E-state index in [1.54, 1.807) is 0 Å². The molecule has 240 valence electrons. The van der Waals surface area contributed by atoms with Gasteiger partial charge in [0.15, 0.2) is 6.10 Å². The van der Waals surface area contributed by atoms with E-state index in [4.69, 9.17) is 26.1 Å². The third kappa shape index (κ3) is 6.57. The minimum atomic E-state index is -1.19. The molecule has 6 rings (SSSR count). The van der Waals surface area contributed by atoms with Gasteiger partial charge in [0.05, 0.1) is 12.2 Å². The summed E-state index contributed by atoms with van der Waals surface area (Å²) in [6.45, 7) is 15.0. The van der Waals surface area contributed by atoms with Gasteiger partial charge in [-0.15, -0.1) is 0 Å². The van der Waals surface area contributed by atoms with E-state index in [9.17, 15) is 9.90 Å². The molecule has 1 unspecified atom stereocenters. The highest BCUT2D eigenvalue weighted by Crippen LogP contribution is 2.44. The van der Waals surface area contributed by atoms with E-state index in [-0.39, 0.29) is 0 Å². The standard InChI is InChI=1S/C39H43ClN2O4/c1-23-9-7-11-32(40)31(23)22-42-17-16-26-19-28(12-13-30(26)21-42)34-24(2)41-25(3)35(37(38(43)44)46-39(4,5)6)36(34)29-14-15-33-27(20-29)10-8-18-45-33/h7,9,11-15,19-20,37H,8,10,16-18,21-22H2,1-6H3,(H,43,44). The fraction of sp³-hybridized carbons (Fsp3) is 0.385. The molecular weight excluding hydrogens is 596 g/mol. The van der Waals surface area contributed by atoms with Crippen LogP contribution in [0, 0.1) is 20.8 Å². The van der Waals surface area contributed by atoms with Gasteiger partial charge < -0.3 is 14.6 Å². The van der Waals surface area contributed by atoms with Crippen molar-refractivity contribution in [3.8, 4) is 28.0 Å². The van der Waals surface area contributed by atoms with Gasteiger partial charge >= 0.3 is 5.97 Å². The van der Waals surface area contributed by atoms with E-state index in [1.807, 2.05) is 58.9 Å². The molecule has 0 aliphatic carbocycles. The number of ether oxygens (including phenoxy) is 2. The van der Waals surface area contributed by atoms with Crippen LogP contribution in [0.15, 0.2) is 54.6 Å². The molecule has 1 aromatic heterocycles. The Morgan fingerprint density at radius 2 is 1.72 bits per heavy atom. The number of hydrogen-bond donors (Lipinski definition) is 1. The number of aromatic nitrogens is 1. The van der Waals surface area contributed by atoms with Gasteiger partial charge in [-0.3, -0.25) is 9.88 Å². The van der Waals surface area contributed by atoms with Crippen LogP contribution in [0.2, 0.25) is 5.02 Å². The van der Waals surface area contributed by atoms with Crippen molar-refractivity contribution in [1.82, 2.24) is 9.88 Å². The van der Waals surface area contributed by atoms with Gasteiger partial charge in [-0.2, -0.15) is 0 Å².